The van der Waals surface area contributed by atoms with Crippen molar-refractivity contribution in [2.75, 3.05) is 0 Å². The standard InChI is InChI=1S/C12H14N2O4/c15-13(16)11-6-2-1-5-10(11)9-12(14(17)18)7-3-4-8-12/h1-2,5-6H,3-4,7-9H2. The van der Waals surface area contributed by atoms with E-state index in [1.54, 1.807) is 18.2 Å². The number of nitrogens with zero attached hydrogens (tertiary/aromatic N) is 2. The lowest BCUT2D eigenvalue weighted by molar-refractivity contribution is -0.568. The number of hydrogen-bond acceptors (Lipinski definition) is 4. The largest absolute Gasteiger partial charge is 0.272 e. The lowest BCUT2D eigenvalue weighted by Gasteiger charge is -2.19. The molecule has 0 saturated heterocycles. The molecule has 6 heteroatoms. The Bertz CT molecular complexity index is 481. The molecule has 1 fully saturated rings. The number of benzene rings is 1. The summed E-state index contributed by atoms with van der Waals surface area (Å²) in [5.74, 6) is 0. The predicted octanol–water partition coefficient (Wildman–Crippen LogP) is 2.73. The molecule has 18 heavy (non-hydrogen) atoms. The smallest absolute Gasteiger partial charge is 0.264 e. The molecule has 1 aromatic carbocycles. The zero-order chi connectivity index (χ0) is 13.2. The summed E-state index contributed by atoms with van der Waals surface area (Å²) in [6, 6.07) is 6.28. The Kier molecular flexibility index (Phi) is 3.27. The van der Waals surface area contributed by atoms with E-state index in [4.69, 9.17) is 0 Å². The van der Waals surface area contributed by atoms with Crippen LogP contribution in [-0.4, -0.2) is 15.4 Å². The van der Waals surface area contributed by atoms with E-state index in [1.807, 2.05) is 0 Å². The van der Waals surface area contributed by atoms with E-state index in [0.717, 1.165) is 12.8 Å². The van der Waals surface area contributed by atoms with E-state index in [2.05, 4.69) is 0 Å². The third-order valence-electron chi connectivity index (χ3n) is 3.63. The summed E-state index contributed by atoms with van der Waals surface area (Å²) in [6.07, 6.45) is 2.80. The Hall–Kier alpha value is -1.98. The Balaban J connectivity index is 2.33. The van der Waals surface area contributed by atoms with Crippen LogP contribution in [0.5, 0.6) is 0 Å². The fraction of sp³-hybridized carbons (Fsp3) is 0.500. The normalized spacial score (nSPS) is 17.6. The maximum atomic E-state index is 11.2. The number of hydrogen-bond donors (Lipinski definition) is 0. The number of nitro groups is 2. The minimum atomic E-state index is -1.01. The van der Waals surface area contributed by atoms with Gasteiger partial charge in [0, 0.05) is 35.8 Å². The summed E-state index contributed by atoms with van der Waals surface area (Å²) < 4.78 is 0. The first-order valence-electron chi connectivity index (χ1n) is 5.92. The Labute approximate surface area is 104 Å². The molecule has 0 atom stereocenters. The lowest BCUT2D eigenvalue weighted by atomic mass is 9.89. The van der Waals surface area contributed by atoms with Crippen LogP contribution in [0.15, 0.2) is 24.3 Å². The molecule has 1 aliphatic carbocycles. The summed E-state index contributed by atoms with van der Waals surface area (Å²) >= 11 is 0. The quantitative estimate of drug-likeness (QED) is 0.607. The summed E-state index contributed by atoms with van der Waals surface area (Å²) in [7, 11) is 0. The van der Waals surface area contributed by atoms with Gasteiger partial charge in [-0.05, 0) is 12.8 Å². The van der Waals surface area contributed by atoms with Crippen molar-refractivity contribution in [3.8, 4) is 0 Å². The molecular weight excluding hydrogens is 236 g/mol. The van der Waals surface area contributed by atoms with Gasteiger partial charge in [-0.15, -0.1) is 0 Å². The molecular formula is C12H14N2O4. The fourth-order valence-corrected chi connectivity index (χ4v) is 2.65. The number of rotatable bonds is 4. The van der Waals surface area contributed by atoms with E-state index in [-0.39, 0.29) is 17.0 Å². The van der Waals surface area contributed by atoms with E-state index >= 15 is 0 Å². The van der Waals surface area contributed by atoms with Crippen LogP contribution >= 0.6 is 0 Å². The zero-order valence-corrected chi connectivity index (χ0v) is 9.87. The van der Waals surface area contributed by atoms with E-state index in [1.165, 1.54) is 6.07 Å². The molecule has 1 saturated carbocycles. The highest BCUT2D eigenvalue weighted by Gasteiger charge is 2.46. The van der Waals surface area contributed by atoms with Crippen molar-refractivity contribution in [2.24, 2.45) is 0 Å². The highest BCUT2D eigenvalue weighted by molar-refractivity contribution is 5.40. The second-order valence-corrected chi connectivity index (χ2v) is 4.75. The minimum absolute atomic E-state index is 0.0226. The van der Waals surface area contributed by atoms with Gasteiger partial charge >= 0.3 is 0 Å². The highest BCUT2D eigenvalue weighted by atomic mass is 16.6. The summed E-state index contributed by atoms with van der Waals surface area (Å²) in [5.41, 5.74) is -0.571. The topological polar surface area (TPSA) is 86.3 Å². The monoisotopic (exact) mass is 250 g/mol. The van der Waals surface area contributed by atoms with Crippen LogP contribution < -0.4 is 0 Å². The minimum Gasteiger partial charge on any atom is -0.264 e. The van der Waals surface area contributed by atoms with Crippen molar-refractivity contribution in [2.45, 2.75) is 37.6 Å². The molecule has 2 rings (SSSR count). The molecule has 0 amide bonds. The van der Waals surface area contributed by atoms with E-state index in [9.17, 15) is 20.2 Å². The third-order valence-corrected chi connectivity index (χ3v) is 3.63. The van der Waals surface area contributed by atoms with Crippen molar-refractivity contribution >= 4 is 5.69 Å². The van der Waals surface area contributed by atoms with Crippen LogP contribution in [0.1, 0.15) is 31.2 Å². The van der Waals surface area contributed by atoms with Crippen LogP contribution in [-0.2, 0) is 6.42 Å². The molecule has 0 aliphatic heterocycles. The van der Waals surface area contributed by atoms with Crippen LogP contribution in [0.2, 0.25) is 0 Å². The number of nitro benzene ring substituents is 1. The van der Waals surface area contributed by atoms with Crippen molar-refractivity contribution < 1.29 is 9.85 Å². The van der Waals surface area contributed by atoms with Gasteiger partial charge in [-0.3, -0.25) is 20.2 Å². The van der Waals surface area contributed by atoms with Crippen molar-refractivity contribution in [1.29, 1.82) is 0 Å². The molecule has 1 aliphatic rings. The van der Waals surface area contributed by atoms with Gasteiger partial charge in [-0.1, -0.05) is 18.2 Å². The summed E-state index contributed by atoms with van der Waals surface area (Å²) in [5, 5.41) is 22.2. The Morgan fingerprint density at radius 1 is 1.11 bits per heavy atom. The van der Waals surface area contributed by atoms with Gasteiger partial charge in [0.05, 0.1) is 4.92 Å². The Morgan fingerprint density at radius 2 is 1.72 bits per heavy atom. The molecule has 0 bridgehead atoms. The van der Waals surface area contributed by atoms with Gasteiger partial charge < -0.3 is 0 Å². The summed E-state index contributed by atoms with van der Waals surface area (Å²) in [4.78, 5) is 21.4. The molecule has 96 valence electrons. The maximum absolute atomic E-state index is 11.2. The third kappa shape index (κ3) is 2.18. The highest BCUT2D eigenvalue weighted by Crippen LogP contribution is 2.37. The molecule has 1 aromatic rings. The van der Waals surface area contributed by atoms with Crippen molar-refractivity contribution in [3.63, 3.8) is 0 Å². The average molecular weight is 250 g/mol. The van der Waals surface area contributed by atoms with Gasteiger partial charge in [-0.2, -0.15) is 0 Å². The van der Waals surface area contributed by atoms with Crippen LogP contribution in [0.3, 0.4) is 0 Å². The molecule has 0 aromatic heterocycles. The zero-order valence-electron chi connectivity index (χ0n) is 9.87. The van der Waals surface area contributed by atoms with Gasteiger partial charge in [0.2, 0.25) is 5.54 Å². The molecule has 6 nitrogen and oxygen atoms in total. The second kappa shape index (κ2) is 4.72. The first-order chi connectivity index (χ1) is 8.55. The molecule has 0 N–H and O–H groups in total. The average Bonchev–Trinajstić information content (AvgIpc) is 2.79. The SMILES string of the molecule is O=[N+]([O-])c1ccccc1CC1([N+](=O)[O-])CCCC1. The van der Waals surface area contributed by atoms with Gasteiger partial charge in [0.25, 0.3) is 5.69 Å². The van der Waals surface area contributed by atoms with Crippen molar-refractivity contribution in [3.05, 3.63) is 50.1 Å². The first kappa shape index (κ1) is 12.5. The van der Waals surface area contributed by atoms with Gasteiger partial charge in [0.15, 0.2) is 0 Å². The predicted molar refractivity (Wildman–Crippen MR) is 65.0 cm³/mol. The van der Waals surface area contributed by atoms with E-state index < -0.39 is 10.5 Å². The fourth-order valence-electron chi connectivity index (χ4n) is 2.65. The molecule has 0 radical (unpaired) electrons. The van der Waals surface area contributed by atoms with Gasteiger partial charge in [-0.25, -0.2) is 0 Å². The maximum Gasteiger partial charge on any atom is 0.272 e. The molecule has 0 unspecified atom stereocenters. The van der Waals surface area contributed by atoms with Crippen LogP contribution in [0.25, 0.3) is 0 Å². The van der Waals surface area contributed by atoms with Crippen molar-refractivity contribution in [1.82, 2.24) is 0 Å². The first-order valence-corrected chi connectivity index (χ1v) is 5.92. The molecule has 0 heterocycles. The van der Waals surface area contributed by atoms with Crippen LogP contribution in [0.4, 0.5) is 5.69 Å². The van der Waals surface area contributed by atoms with Gasteiger partial charge in [0.1, 0.15) is 0 Å². The van der Waals surface area contributed by atoms with E-state index in [0.29, 0.717) is 18.4 Å². The number of para-hydroxylation sites is 1. The second-order valence-electron chi connectivity index (χ2n) is 4.75. The van der Waals surface area contributed by atoms with Crippen LogP contribution in [0, 0.1) is 20.2 Å². The molecule has 0 spiro atoms. The Morgan fingerprint density at radius 3 is 2.28 bits per heavy atom. The lowest BCUT2D eigenvalue weighted by Crippen LogP contribution is -2.37. The summed E-state index contributed by atoms with van der Waals surface area (Å²) in [6.45, 7) is 0.